The third-order valence-electron chi connectivity index (χ3n) is 1.66. The predicted molar refractivity (Wildman–Crippen MR) is 52.9 cm³/mol. The van der Waals surface area contributed by atoms with Crippen LogP contribution in [0.25, 0.3) is 0 Å². The van der Waals surface area contributed by atoms with Gasteiger partial charge in [-0.2, -0.15) is 0 Å². The third kappa shape index (κ3) is 1.36. The van der Waals surface area contributed by atoms with Crippen molar-refractivity contribution in [3.8, 4) is 0 Å². The molecule has 0 saturated carbocycles. The molecule has 4 heteroatoms. The minimum absolute atomic E-state index is 0.0139. The Morgan fingerprint density at radius 2 is 2.50 bits per heavy atom. The first kappa shape index (κ1) is 8.13. The van der Waals surface area contributed by atoms with Crippen LogP contribution in [0.5, 0.6) is 0 Å². The Bertz CT molecular complexity index is 293. The molecule has 0 amide bonds. The summed E-state index contributed by atoms with van der Waals surface area (Å²) in [6.07, 6.45) is 3.50. The van der Waals surface area contributed by atoms with Gasteiger partial charge in [-0.15, -0.1) is 11.3 Å². The van der Waals surface area contributed by atoms with Gasteiger partial charge in [-0.25, -0.2) is 0 Å². The maximum absolute atomic E-state index is 5.31. The monoisotopic (exact) mass is 245 g/mol. The van der Waals surface area contributed by atoms with Gasteiger partial charge in [-0.1, -0.05) is 0 Å². The molecule has 0 radical (unpaired) electrons. The van der Waals surface area contributed by atoms with Crippen molar-refractivity contribution in [2.45, 2.75) is 13.2 Å². The molecule has 12 heavy (non-hydrogen) atoms. The van der Waals surface area contributed by atoms with Crippen molar-refractivity contribution in [2.24, 2.45) is 0 Å². The highest BCUT2D eigenvalue weighted by Gasteiger charge is 2.16. The topological polar surface area (TPSA) is 21.3 Å². The summed E-state index contributed by atoms with van der Waals surface area (Å²) in [6.45, 7) is 2.08. The molecule has 1 unspecified atom stereocenters. The van der Waals surface area contributed by atoms with E-state index in [1.165, 1.54) is 9.75 Å². The number of aryl methyl sites for hydroxylation is 1. The summed E-state index contributed by atoms with van der Waals surface area (Å²) < 4.78 is 6.46. The molecule has 0 spiro atoms. The summed E-state index contributed by atoms with van der Waals surface area (Å²) in [7, 11) is 0. The van der Waals surface area contributed by atoms with Gasteiger partial charge in [0, 0.05) is 15.5 Å². The second-order valence-corrected chi connectivity index (χ2v) is 4.68. The molecule has 0 saturated heterocycles. The predicted octanol–water partition coefficient (Wildman–Crippen LogP) is 2.91. The summed E-state index contributed by atoms with van der Waals surface area (Å²) >= 11 is 5.21. The Morgan fingerprint density at radius 3 is 3.00 bits per heavy atom. The molecule has 1 aromatic rings. The van der Waals surface area contributed by atoms with Crippen LogP contribution >= 0.6 is 27.3 Å². The Labute approximate surface area is 83.4 Å². The van der Waals surface area contributed by atoms with Gasteiger partial charge in [0.1, 0.15) is 6.26 Å². The van der Waals surface area contributed by atoms with Gasteiger partial charge in [0.25, 0.3) is 0 Å². The Balaban J connectivity index is 2.23. The van der Waals surface area contributed by atoms with E-state index in [0.29, 0.717) is 0 Å². The van der Waals surface area contributed by atoms with E-state index in [1.54, 1.807) is 17.6 Å². The lowest BCUT2D eigenvalue weighted by Gasteiger charge is -2.07. The van der Waals surface area contributed by atoms with Gasteiger partial charge < -0.3 is 10.1 Å². The number of hydrogen-bond donors (Lipinski definition) is 1. The first-order valence-electron chi connectivity index (χ1n) is 3.60. The lowest BCUT2D eigenvalue weighted by Crippen LogP contribution is -2.09. The van der Waals surface area contributed by atoms with E-state index in [4.69, 9.17) is 4.74 Å². The van der Waals surface area contributed by atoms with Crippen molar-refractivity contribution in [3.05, 3.63) is 32.8 Å². The van der Waals surface area contributed by atoms with Crippen molar-refractivity contribution in [3.63, 3.8) is 0 Å². The highest BCUT2D eigenvalue weighted by atomic mass is 79.9. The molecule has 0 bridgehead atoms. The minimum atomic E-state index is 0.0139. The molecule has 2 rings (SSSR count). The lowest BCUT2D eigenvalue weighted by molar-refractivity contribution is 0.158. The molecule has 0 fully saturated rings. The highest BCUT2D eigenvalue weighted by Crippen LogP contribution is 2.32. The van der Waals surface area contributed by atoms with E-state index in [0.717, 1.165) is 4.47 Å². The van der Waals surface area contributed by atoms with Gasteiger partial charge in [0.2, 0.25) is 6.23 Å². The third-order valence-corrected chi connectivity index (χ3v) is 3.84. The molecule has 1 aliphatic heterocycles. The van der Waals surface area contributed by atoms with E-state index in [1.807, 2.05) is 6.20 Å². The molecule has 2 nitrogen and oxygen atoms in total. The van der Waals surface area contributed by atoms with Gasteiger partial charge in [0.15, 0.2) is 0 Å². The highest BCUT2D eigenvalue weighted by molar-refractivity contribution is 9.10. The summed E-state index contributed by atoms with van der Waals surface area (Å²) in [5, 5.41) is 3.10. The molecule has 0 aromatic carbocycles. The Morgan fingerprint density at radius 1 is 1.67 bits per heavy atom. The molecule has 2 heterocycles. The maximum Gasteiger partial charge on any atom is 0.204 e. The lowest BCUT2D eigenvalue weighted by atomic mass is 10.4. The van der Waals surface area contributed by atoms with E-state index in [2.05, 4.69) is 34.2 Å². The van der Waals surface area contributed by atoms with Crippen LogP contribution in [0, 0.1) is 6.92 Å². The molecule has 0 aliphatic carbocycles. The quantitative estimate of drug-likeness (QED) is 0.822. The van der Waals surface area contributed by atoms with Crippen LogP contribution in [0.2, 0.25) is 0 Å². The first-order valence-corrected chi connectivity index (χ1v) is 5.20. The molecule has 64 valence electrons. The van der Waals surface area contributed by atoms with Crippen LogP contribution in [0.3, 0.4) is 0 Å². The zero-order chi connectivity index (χ0) is 8.55. The largest absolute Gasteiger partial charge is 0.472 e. The van der Waals surface area contributed by atoms with Crippen LogP contribution in [0.1, 0.15) is 16.0 Å². The van der Waals surface area contributed by atoms with Crippen LogP contribution < -0.4 is 5.32 Å². The number of rotatable bonds is 1. The number of ether oxygens (including phenoxy) is 1. The van der Waals surface area contributed by atoms with Crippen molar-refractivity contribution < 1.29 is 4.74 Å². The van der Waals surface area contributed by atoms with Gasteiger partial charge in [0.05, 0.1) is 4.88 Å². The zero-order valence-electron chi connectivity index (χ0n) is 6.50. The number of halogens is 1. The Hall–Kier alpha value is -0.480. The SMILES string of the molecule is Cc1sc(C2NC=CO2)cc1Br. The number of nitrogens with one attached hydrogen (secondary N) is 1. The fraction of sp³-hybridized carbons (Fsp3) is 0.250. The molecule has 1 aliphatic rings. The van der Waals surface area contributed by atoms with Crippen molar-refractivity contribution in [1.29, 1.82) is 0 Å². The fourth-order valence-electron chi connectivity index (χ4n) is 1.04. The molecular weight excluding hydrogens is 238 g/mol. The van der Waals surface area contributed by atoms with E-state index in [-0.39, 0.29) is 6.23 Å². The summed E-state index contributed by atoms with van der Waals surface area (Å²) in [4.78, 5) is 2.48. The van der Waals surface area contributed by atoms with Crippen LogP contribution in [-0.2, 0) is 4.74 Å². The second kappa shape index (κ2) is 3.11. The molecule has 1 N–H and O–H groups in total. The Kier molecular flexibility index (Phi) is 2.11. The van der Waals surface area contributed by atoms with E-state index >= 15 is 0 Å². The summed E-state index contributed by atoms with van der Waals surface area (Å²) in [6, 6.07) is 2.09. The maximum atomic E-state index is 5.31. The van der Waals surface area contributed by atoms with Crippen LogP contribution in [0.4, 0.5) is 0 Å². The van der Waals surface area contributed by atoms with Crippen molar-refractivity contribution >= 4 is 27.3 Å². The van der Waals surface area contributed by atoms with Crippen molar-refractivity contribution in [2.75, 3.05) is 0 Å². The average molecular weight is 246 g/mol. The minimum Gasteiger partial charge on any atom is -0.472 e. The van der Waals surface area contributed by atoms with Crippen LogP contribution in [0.15, 0.2) is 23.0 Å². The molecular formula is C8H8BrNOS. The van der Waals surface area contributed by atoms with E-state index in [9.17, 15) is 0 Å². The zero-order valence-corrected chi connectivity index (χ0v) is 8.91. The van der Waals surface area contributed by atoms with Gasteiger partial charge in [-0.3, -0.25) is 0 Å². The van der Waals surface area contributed by atoms with Crippen molar-refractivity contribution in [1.82, 2.24) is 5.32 Å². The second-order valence-electron chi connectivity index (χ2n) is 2.54. The van der Waals surface area contributed by atoms with E-state index < -0.39 is 0 Å². The first-order chi connectivity index (χ1) is 5.77. The average Bonchev–Trinajstić information content (AvgIpc) is 2.61. The van der Waals surface area contributed by atoms with Gasteiger partial charge >= 0.3 is 0 Å². The number of hydrogen-bond acceptors (Lipinski definition) is 3. The van der Waals surface area contributed by atoms with Crippen LogP contribution in [-0.4, -0.2) is 0 Å². The smallest absolute Gasteiger partial charge is 0.204 e. The summed E-state index contributed by atoms with van der Waals surface area (Å²) in [5.41, 5.74) is 0. The molecule has 1 aromatic heterocycles. The normalized spacial score (nSPS) is 20.7. The number of thiophene rings is 1. The molecule has 1 atom stereocenters. The standard InChI is InChI=1S/C8H8BrNOS/c1-5-6(9)4-7(12-5)8-10-2-3-11-8/h2-4,8,10H,1H3. The fourth-order valence-corrected chi connectivity index (χ4v) is 2.60. The van der Waals surface area contributed by atoms with Gasteiger partial charge in [-0.05, 0) is 28.9 Å². The summed E-state index contributed by atoms with van der Waals surface area (Å²) in [5.74, 6) is 0.